The van der Waals surface area contributed by atoms with Gasteiger partial charge >= 0.3 is 0 Å². The lowest BCUT2D eigenvalue weighted by atomic mass is 10.1. The van der Waals surface area contributed by atoms with Gasteiger partial charge in [0, 0.05) is 51.2 Å². The number of ether oxygens (including phenoxy) is 1. The molecule has 2 aromatic heterocycles. The van der Waals surface area contributed by atoms with Crippen molar-refractivity contribution in [1.82, 2.24) is 23.8 Å². The van der Waals surface area contributed by atoms with Crippen LogP contribution < -0.4 is 10.3 Å². The molecule has 8 heteroatoms. The molecule has 0 saturated carbocycles. The number of amides is 1. The molecule has 1 amide bonds. The Morgan fingerprint density at radius 1 is 1.04 bits per heavy atom. The van der Waals surface area contributed by atoms with Crippen molar-refractivity contribution < 1.29 is 9.53 Å². The molecule has 1 fully saturated rings. The first-order chi connectivity index (χ1) is 13.5. The van der Waals surface area contributed by atoms with E-state index in [1.54, 1.807) is 34.2 Å². The van der Waals surface area contributed by atoms with Crippen molar-refractivity contribution in [2.24, 2.45) is 7.05 Å². The number of nitrogens with zero attached hydrogens (tertiary/aromatic N) is 5. The lowest BCUT2D eigenvalue weighted by molar-refractivity contribution is 0.0659. The molecule has 4 rings (SSSR count). The highest BCUT2D eigenvalue weighted by atomic mass is 16.5. The summed E-state index contributed by atoms with van der Waals surface area (Å²) in [7, 11) is 5.36. The molecule has 1 aliphatic rings. The number of hydrogen-bond acceptors (Lipinski definition) is 5. The molecule has 0 spiro atoms. The molecule has 0 unspecified atom stereocenters. The van der Waals surface area contributed by atoms with Crippen molar-refractivity contribution in [2.45, 2.75) is 0 Å². The summed E-state index contributed by atoms with van der Waals surface area (Å²) in [6.45, 7) is 3.00. The van der Waals surface area contributed by atoms with Crippen LogP contribution in [0.15, 0.2) is 41.5 Å². The van der Waals surface area contributed by atoms with E-state index in [1.807, 2.05) is 37.5 Å². The van der Waals surface area contributed by atoms with E-state index in [1.165, 1.54) is 0 Å². The van der Waals surface area contributed by atoms with E-state index in [9.17, 15) is 9.59 Å². The predicted molar refractivity (Wildman–Crippen MR) is 106 cm³/mol. The monoisotopic (exact) mass is 381 g/mol. The second kappa shape index (κ2) is 7.12. The van der Waals surface area contributed by atoms with Crippen molar-refractivity contribution >= 4 is 11.6 Å². The maximum atomic E-state index is 12.8. The number of carbonyl (C=O) groups excluding carboxylic acids is 1. The van der Waals surface area contributed by atoms with Gasteiger partial charge in [-0.1, -0.05) is 0 Å². The zero-order valence-corrected chi connectivity index (χ0v) is 16.3. The Morgan fingerprint density at radius 3 is 2.36 bits per heavy atom. The van der Waals surface area contributed by atoms with Gasteiger partial charge in [0.05, 0.1) is 12.8 Å². The summed E-state index contributed by atoms with van der Waals surface area (Å²) >= 11 is 0. The molecule has 0 bridgehead atoms. The van der Waals surface area contributed by atoms with Crippen LogP contribution in [0.2, 0.25) is 0 Å². The van der Waals surface area contributed by atoms with Crippen molar-refractivity contribution in [3.8, 4) is 17.0 Å². The van der Waals surface area contributed by atoms with Gasteiger partial charge in [0.15, 0.2) is 0 Å². The number of methoxy groups -OCH3 is 1. The summed E-state index contributed by atoms with van der Waals surface area (Å²) in [4.78, 5) is 33.9. The van der Waals surface area contributed by atoms with E-state index >= 15 is 0 Å². The number of hydrogen-bond donors (Lipinski definition) is 0. The molecule has 28 heavy (non-hydrogen) atoms. The van der Waals surface area contributed by atoms with E-state index in [-0.39, 0.29) is 17.1 Å². The fraction of sp³-hybridized carbons (Fsp3) is 0.350. The SMILES string of the molecule is COc1ccc(-c2cn3cc(C(=O)N4CCN(C)CC4)nc3c(=O)n2C)cc1. The quantitative estimate of drug-likeness (QED) is 0.679. The van der Waals surface area contributed by atoms with Crippen LogP contribution in [-0.2, 0) is 7.05 Å². The van der Waals surface area contributed by atoms with Gasteiger partial charge in [0.1, 0.15) is 11.4 Å². The van der Waals surface area contributed by atoms with Gasteiger partial charge in [-0.25, -0.2) is 4.98 Å². The van der Waals surface area contributed by atoms with Crippen LogP contribution >= 0.6 is 0 Å². The van der Waals surface area contributed by atoms with Crippen LogP contribution in [0.25, 0.3) is 16.9 Å². The van der Waals surface area contributed by atoms with Gasteiger partial charge in [-0.05, 0) is 31.3 Å². The minimum atomic E-state index is -0.245. The first-order valence-electron chi connectivity index (χ1n) is 9.19. The van der Waals surface area contributed by atoms with E-state index in [0.717, 1.165) is 30.1 Å². The Balaban J connectivity index is 1.72. The minimum absolute atomic E-state index is 0.134. The number of benzene rings is 1. The number of fused-ring (bicyclic) bond motifs is 1. The van der Waals surface area contributed by atoms with E-state index < -0.39 is 0 Å². The molecule has 0 N–H and O–H groups in total. The molecule has 0 aliphatic carbocycles. The summed E-state index contributed by atoms with van der Waals surface area (Å²) in [6.07, 6.45) is 3.47. The van der Waals surface area contributed by atoms with Gasteiger partial charge in [0.25, 0.3) is 11.5 Å². The molecular weight excluding hydrogens is 358 g/mol. The van der Waals surface area contributed by atoms with Crippen molar-refractivity contribution in [3.05, 3.63) is 52.7 Å². The number of imidazole rings is 1. The van der Waals surface area contributed by atoms with Gasteiger partial charge in [-0.2, -0.15) is 0 Å². The predicted octanol–water partition coefficient (Wildman–Crippen LogP) is 1.10. The molecule has 3 heterocycles. The molecule has 3 aromatic rings. The smallest absolute Gasteiger partial charge is 0.294 e. The van der Waals surface area contributed by atoms with Crippen molar-refractivity contribution in [1.29, 1.82) is 0 Å². The van der Waals surface area contributed by atoms with Crippen LogP contribution in [0, 0.1) is 0 Å². The van der Waals surface area contributed by atoms with Gasteiger partial charge in [0.2, 0.25) is 5.65 Å². The third-order valence-electron chi connectivity index (χ3n) is 5.25. The normalized spacial score (nSPS) is 15.2. The highest BCUT2D eigenvalue weighted by molar-refractivity contribution is 5.93. The number of rotatable bonds is 3. The fourth-order valence-electron chi connectivity index (χ4n) is 3.43. The third-order valence-corrected chi connectivity index (χ3v) is 5.25. The molecule has 1 aromatic carbocycles. The fourth-order valence-corrected chi connectivity index (χ4v) is 3.43. The molecule has 0 atom stereocenters. The van der Waals surface area contributed by atoms with E-state index in [0.29, 0.717) is 18.8 Å². The van der Waals surface area contributed by atoms with Gasteiger partial charge in [-0.15, -0.1) is 0 Å². The van der Waals surface area contributed by atoms with Crippen LogP contribution in [0.4, 0.5) is 0 Å². The first kappa shape index (κ1) is 18.2. The van der Waals surface area contributed by atoms with Gasteiger partial charge in [-0.3, -0.25) is 14.0 Å². The lowest BCUT2D eigenvalue weighted by Crippen LogP contribution is -2.47. The molecule has 1 saturated heterocycles. The summed E-state index contributed by atoms with van der Waals surface area (Å²) in [6, 6.07) is 7.49. The Hall–Kier alpha value is -3.13. The zero-order valence-electron chi connectivity index (χ0n) is 16.3. The Morgan fingerprint density at radius 2 is 1.71 bits per heavy atom. The summed E-state index contributed by atoms with van der Waals surface area (Å²) in [5.74, 6) is 0.613. The van der Waals surface area contributed by atoms with Crippen molar-refractivity contribution in [3.63, 3.8) is 0 Å². The maximum Gasteiger partial charge on any atom is 0.294 e. The maximum absolute atomic E-state index is 12.8. The van der Waals surface area contributed by atoms with Crippen molar-refractivity contribution in [2.75, 3.05) is 40.3 Å². The zero-order chi connectivity index (χ0) is 19.8. The van der Waals surface area contributed by atoms with E-state index in [2.05, 4.69) is 9.88 Å². The average Bonchev–Trinajstić information content (AvgIpc) is 3.15. The molecule has 1 aliphatic heterocycles. The van der Waals surface area contributed by atoms with Crippen LogP contribution in [0.3, 0.4) is 0 Å². The third kappa shape index (κ3) is 3.16. The highest BCUT2D eigenvalue weighted by Crippen LogP contribution is 2.21. The van der Waals surface area contributed by atoms with Gasteiger partial charge < -0.3 is 19.1 Å². The van der Waals surface area contributed by atoms with Crippen LogP contribution in [-0.4, -0.2) is 70.0 Å². The minimum Gasteiger partial charge on any atom is -0.497 e. The summed E-state index contributed by atoms with van der Waals surface area (Å²) < 4.78 is 8.39. The molecular formula is C20H23N5O3. The van der Waals surface area contributed by atoms with Crippen LogP contribution in [0.1, 0.15) is 10.5 Å². The first-order valence-corrected chi connectivity index (χ1v) is 9.19. The molecule has 8 nitrogen and oxygen atoms in total. The summed E-state index contributed by atoms with van der Waals surface area (Å²) in [5.41, 5.74) is 1.91. The molecule has 0 radical (unpaired) electrons. The second-order valence-electron chi connectivity index (χ2n) is 7.06. The number of likely N-dealkylation sites (N-methyl/N-ethyl adjacent to an activating group) is 1. The second-order valence-corrected chi connectivity index (χ2v) is 7.06. The Bertz CT molecular complexity index is 1080. The Labute approximate surface area is 162 Å². The average molecular weight is 381 g/mol. The number of carbonyl (C=O) groups is 1. The topological polar surface area (TPSA) is 72.1 Å². The Kier molecular flexibility index (Phi) is 4.64. The number of aromatic nitrogens is 3. The summed E-state index contributed by atoms with van der Waals surface area (Å²) in [5, 5.41) is 0. The standard InChI is InChI=1S/C20H23N5O3/c1-22-8-10-24(11-9-22)19(26)16-12-25-13-17(23(2)20(27)18(25)21-16)14-4-6-15(28-3)7-5-14/h4-7,12-13H,8-11H2,1-3H3. The number of piperazine rings is 1. The highest BCUT2D eigenvalue weighted by Gasteiger charge is 2.23. The largest absolute Gasteiger partial charge is 0.497 e. The molecule has 146 valence electrons. The lowest BCUT2D eigenvalue weighted by Gasteiger charge is -2.31. The van der Waals surface area contributed by atoms with Crippen LogP contribution in [0.5, 0.6) is 5.75 Å². The van der Waals surface area contributed by atoms with E-state index in [4.69, 9.17) is 4.74 Å².